The smallest absolute Gasteiger partial charge is 0.408 e. The summed E-state index contributed by atoms with van der Waals surface area (Å²) in [5, 5.41) is 21.0. The van der Waals surface area contributed by atoms with Crippen LogP contribution in [0.2, 0.25) is 0 Å². The minimum absolute atomic E-state index is 0.234. The van der Waals surface area contributed by atoms with Crippen LogP contribution in [0, 0.1) is 0 Å². The number of amides is 5. The predicted octanol–water partition coefficient (Wildman–Crippen LogP) is -1.27. The molecule has 0 aromatic carbocycles. The Morgan fingerprint density at radius 2 is 1.50 bits per heavy atom. The largest absolute Gasteiger partial charge is 0.481 e. The fourth-order valence-corrected chi connectivity index (χ4v) is 2.87. The number of aliphatic carboxylic acids is 1. The van der Waals surface area contributed by atoms with Crippen molar-refractivity contribution in [2.45, 2.75) is 83.5 Å². The second-order valence-corrected chi connectivity index (χ2v) is 9.10. The molecule has 0 aromatic rings. The van der Waals surface area contributed by atoms with Gasteiger partial charge in [0.1, 0.15) is 23.7 Å². The molecular formula is C22H40N6O8. The summed E-state index contributed by atoms with van der Waals surface area (Å²) in [4.78, 5) is 72.1. The van der Waals surface area contributed by atoms with E-state index in [0.29, 0.717) is 25.8 Å². The van der Waals surface area contributed by atoms with Crippen LogP contribution in [-0.4, -0.2) is 84.7 Å². The number of carbonyl (C=O) groups excluding carboxylic acids is 5. The first-order chi connectivity index (χ1) is 16.7. The SMILES string of the molecule is CNC(=O)[C@H](CCCCN)NC(=O)CNC(=O)[C@H](C)NC(=O)[C@@H](CCC(=O)O)NC(=O)OC(C)(C)C. The lowest BCUT2D eigenvalue weighted by molar-refractivity contribution is -0.137. The van der Waals surface area contributed by atoms with E-state index in [2.05, 4.69) is 26.6 Å². The van der Waals surface area contributed by atoms with E-state index in [1.807, 2.05) is 0 Å². The summed E-state index contributed by atoms with van der Waals surface area (Å²) in [6.07, 6.45) is 0.136. The highest BCUT2D eigenvalue weighted by Crippen LogP contribution is 2.08. The number of unbranched alkanes of at least 4 members (excludes halogenated alkanes) is 1. The first kappa shape index (κ1) is 32.6. The molecule has 0 spiro atoms. The Kier molecular flexibility index (Phi) is 14.7. The van der Waals surface area contributed by atoms with Gasteiger partial charge in [-0.3, -0.25) is 24.0 Å². The number of carbonyl (C=O) groups is 6. The molecule has 14 heteroatoms. The van der Waals surface area contributed by atoms with Gasteiger partial charge in [-0.25, -0.2) is 4.79 Å². The standard InChI is InChI=1S/C22H40N6O8/c1-13(18(32)25-12-16(29)27-14(19(33)24-5)8-6-7-11-23)26-20(34)15(9-10-17(30)31)28-21(35)36-22(2,3)4/h13-15H,6-12,23H2,1-5H3,(H,24,33)(H,25,32)(H,26,34)(H,27,29)(H,28,35)(H,30,31)/t13-,14-,15+/m0/s1. The van der Waals surface area contributed by atoms with Gasteiger partial charge in [0.2, 0.25) is 23.6 Å². The third-order valence-corrected chi connectivity index (χ3v) is 4.67. The van der Waals surface area contributed by atoms with Crippen LogP contribution in [0.4, 0.5) is 4.79 Å². The highest BCUT2D eigenvalue weighted by molar-refractivity contribution is 5.93. The van der Waals surface area contributed by atoms with Gasteiger partial charge in [-0.05, 0) is 59.9 Å². The number of ether oxygens (including phenoxy) is 1. The number of carboxylic acid groups (broad SMARTS) is 1. The van der Waals surface area contributed by atoms with Crippen molar-refractivity contribution in [2.75, 3.05) is 20.1 Å². The zero-order chi connectivity index (χ0) is 27.9. The summed E-state index contributed by atoms with van der Waals surface area (Å²) in [5.74, 6) is -3.65. The lowest BCUT2D eigenvalue weighted by Crippen LogP contribution is -2.54. The van der Waals surface area contributed by atoms with Crippen LogP contribution in [0.3, 0.4) is 0 Å². The van der Waals surface area contributed by atoms with Gasteiger partial charge in [-0.15, -0.1) is 0 Å². The first-order valence-corrected chi connectivity index (χ1v) is 11.7. The topological polar surface area (TPSA) is 218 Å². The summed E-state index contributed by atoms with van der Waals surface area (Å²) in [6.45, 7) is 6.24. The summed E-state index contributed by atoms with van der Waals surface area (Å²) in [7, 11) is 1.44. The molecule has 0 aliphatic heterocycles. The van der Waals surface area contributed by atoms with Gasteiger partial charge >= 0.3 is 12.1 Å². The van der Waals surface area contributed by atoms with Gasteiger partial charge in [-0.2, -0.15) is 0 Å². The Balaban J connectivity index is 4.91. The maximum atomic E-state index is 12.6. The van der Waals surface area contributed by atoms with Gasteiger partial charge in [0, 0.05) is 13.5 Å². The second kappa shape index (κ2) is 16.3. The molecule has 0 aliphatic carbocycles. The van der Waals surface area contributed by atoms with E-state index in [1.54, 1.807) is 20.8 Å². The number of likely N-dealkylation sites (N-methyl/N-ethyl adjacent to an activating group) is 1. The zero-order valence-corrected chi connectivity index (χ0v) is 21.6. The quantitative estimate of drug-likeness (QED) is 0.129. The van der Waals surface area contributed by atoms with E-state index in [1.165, 1.54) is 14.0 Å². The van der Waals surface area contributed by atoms with Gasteiger partial charge < -0.3 is 42.2 Å². The van der Waals surface area contributed by atoms with Crippen LogP contribution in [0.1, 0.15) is 59.8 Å². The average molecular weight is 517 g/mol. The van der Waals surface area contributed by atoms with Crippen molar-refractivity contribution in [3.05, 3.63) is 0 Å². The zero-order valence-electron chi connectivity index (χ0n) is 21.6. The molecule has 14 nitrogen and oxygen atoms in total. The number of nitrogens with one attached hydrogen (secondary N) is 5. The molecule has 0 rings (SSSR count). The third kappa shape index (κ3) is 14.8. The molecule has 206 valence electrons. The Morgan fingerprint density at radius 1 is 0.889 bits per heavy atom. The summed E-state index contributed by atoms with van der Waals surface area (Å²) in [5.41, 5.74) is 4.61. The number of hydrogen-bond donors (Lipinski definition) is 7. The van der Waals surface area contributed by atoms with Crippen molar-refractivity contribution in [2.24, 2.45) is 5.73 Å². The molecule has 8 N–H and O–H groups in total. The van der Waals surface area contributed by atoms with Crippen LogP contribution in [0.25, 0.3) is 0 Å². The Labute approximate surface area is 210 Å². The minimum atomic E-state index is -1.27. The van der Waals surface area contributed by atoms with Crippen LogP contribution >= 0.6 is 0 Å². The van der Waals surface area contributed by atoms with Crippen molar-refractivity contribution in [3.8, 4) is 0 Å². The Morgan fingerprint density at radius 3 is 2.03 bits per heavy atom. The molecular weight excluding hydrogens is 476 g/mol. The maximum Gasteiger partial charge on any atom is 0.408 e. The van der Waals surface area contributed by atoms with E-state index >= 15 is 0 Å². The van der Waals surface area contributed by atoms with E-state index in [0.717, 1.165) is 0 Å². The molecule has 0 aliphatic rings. The van der Waals surface area contributed by atoms with Crippen molar-refractivity contribution < 1.29 is 38.6 Å². The van der Waals surface area contributed by atoms with Crippen LogP contribution < -0.4 is 32.3 Å². The second-order valence-electron chi connectivity index (χ2n) is 9.10. The van der Waals surface area contributed by atoms with Crippen molar-refractivity contribution >= 4 is 35.7 Å². The molecule has 5 amide bonds. The van der Waals surface area contributed by atoms with Gasteiger partial charge in [0.05, 0.1) is 6.54 Å². The molecule has 0 aromatic heterocycles. The van der Waals surface area contributed by atoms with Crippen LogP contribution in [0.5, 0.6) is 0 Å². The highest BCUT2D eigenvalue weighted by Gasteiger charge is 2.27. The van der Waals surface area contributed by atoms with Crippen molar-refractivity contribution in [1.82, 2.24) is 26.6 Å². The molecule has 3 atom stereocenters. The molecule has 36 heavy (non-hydrogen) atoms. The monoisotopic (exact) mass is 516 g/mol. The number of hydrogen-bond acceptors (Lipinski definition) is 8. The van der Waals surface area contributed by atoms with Crippen molar-refractivity contribution in [3.63, 3.8) is 0 Å². The lowest BCUT2D eigenvalue weighted by Gasteiger charge is -2.24. The number of nitrogens with two attached hydrogens (primary N) is 1. The third-order valence-electron chi connectivity index (χ3n) is 4.67. The molecule has 0 radical (unpaired) electrons. The Hall–Kier alpha value is -3.42. The van der Waals surface area contributed by atoms with E-state index in [9.17, 15) is 28.8 Å². The first-order valence-electron chi connectivity index (χ1n) is 11.7. The maximum absolute atomic E-state index is 12.6. The molecule has 0 saturated heterocycles. The highest BCUT2D eigenvalue weighted by atomic mass is 16.6. The summed E-state index contributed by atoms with van der Waals surface area (Å²) in [6, 6.07) is -3.16. The van der Waals surface area contributed by atoms with Crippen molar-refractivity contribution in [1.29, 1.82) is 0 Å². The fourth-order valence-electron chi connectivity index (χ4n) is 2.87. The van der Waals surface area contributed by atoms with Crippen LogP contribution in [-0.2, 0) is 28.7 Å². The normalized spacial score (nSPS) is 13.4. The van der Waals surface area contributed by atoms with Gasteiger partial charge in [0.15, 0.2) is 0 Å². The van der Waals surface area contributed by atoms with E-state index in [4.69, 9.17) is 15.6 Å². The van der Waals surface area contributed by atoms with Gasteiger partial charge in [-0.1, -0.05) is 0 Å². The molecule has 0 heterocycles. The Bertz CT molecular complexity index is 783. The summed E-state index contributed by atoms with van der Waals surface area (Å²) < 4.78 is 5.09. The lowest BCUT2D eigenvalue weighted by atomic mass is 10.1. The van der Waals surface area contributed by atoms with Gasteiger partial charge in [0.25, 0.3) is 0 Å². The molecule has 0 bridgehead atoms. The number of carboxylic acids is 1. The molecule has 0 unspecified atom stereocenters. The molecule has 0 saturated carbocycles. The summed E-state index contributed by atoms with van der Waals surface area (Å²) >= 11 is 0. The van der Waals surface area contributed by atoms with E-state index in [-0.39, 0.29) is 12.3 Å². The number of alkyl carbamates (subject to hydrolysis) is 1. The fraction of sp³-hybridized carbons (Fsp3) is 0.727. The van der Waals surface area contributed by atoms with E-state index < -0.39 is 66.5 Å². The average Bonchev–Trinajstić information content (AvgIpc) is 2.77. The number of rotatable bonds is 15. The predicted molar refractivity (Wildman–Crippen MR) is 130 cm³/mol. The minimum Gasteiger partial charge on any atom is -0.481 e. The molecule has 0 fully saturated rings. The van der Waals surface area contributed by atoms with Crippen LogP contribution in [0.15, 0.2) is 0 Å².